The highest BCUT2D eigenvalue weighted by atomic mass is 16.4. The molecule has 1 fully saturated rings. The van der Waals surface area contributed by atoms with Gasteiger partial charge in [0.2, 0.25) is 5.91 Å². The van der Waals surface area contributed by atoms with Crippen LogP contribution in [0.3, 0.4) is 0 Å². The standard InChI is InChI=1S/C13H16N2O3/c16-11(5-4-10-3-1-2-8-14-10)15-9-13(6-7-13)12(17)18/h1-3,8H,4-7,9H2,(H,15,16)(H,17,18). The molecule has 5 nitrogen and oxygen atoms in total. The van der Waals surface area contributed by atoms with Crippen molar-refractivity contribution >= 4 is 11.9 Å². The quantitative estimate of drug-likeness (QED) is 0.787. The summed E-state index contributed by atoms with van der Waals surface area (Å²) >= 11 is 0. The summed E-state index contributed by atoms with van der Waals surface area (Å²) < 4.78 is 0. The van der Waals surface area contributed by atoms with Gasteiger partial charge in [0.15, 0.2) is 0 Å². The molecule has 0 saturated heterocycles. The monoisotopic (exact) mass is 248 g/mol. The first-order valence-electron chi connectivity index (χ1n) is 6.02. The second kappa shape index (κ2) is 5.16. The van der Waals surface area contributed by atoms with Gasteiger partial charge in [0.25, 0.3) is 0 Å². The molecule has 1 heterocycles. The fourth-order valence-corrected chi connectivity index (χ4v) is 1.76. The zero-order valence-electron chi connectivity index (χ0n) is 10.1. The van der Waals surface area contributed by atoms with Crippen LogP contribution in [0.25, 0.3) is 0 Å². The van der Waals surface area contributed by atoms with Crippen molar-refractivity contribution in [1.82, 2.24) is 10.3 Å². The van der Waals surface area contributed by atoms with Gasteiger partial charge in [-0.25, -0.2) is 0 Å². The van der Waals surface area contributed by atoms with E-state index in [4.69, 9.17) is 5.11 Å². The number of aromatic nitrogens is 1. The summed E-state index contributed by atoms with van der Waals surface area (Å²) in [7, 11) is 0. The molecule has 0 spiro atoms. The lowest BCUT2D eigenvalue weighted by molar-refractivity contribution is -0.143. The van der Waals surface area contributed by atoms with Gasteiger partial charge in [-0.05, 0) is 31.4 Å². The van der Waals surface area contributed by atoms with Crippen LogP contribution in [0.2, 0.25) is 0 Å². The number of aryl methyl sites for hydroxylation is 1. The molecule has 1 aromatic rings. The van der Waals surface area contributed by atoms with E-state index in [1.54, 1.807) is 6.20 Å². The van der Waals surface area contributed by atoms with Gasteiger partial charge in [-0.2, -0.15) is 0 Å². The number of carboxylic acid groups (broad SMARTS) is 1. The molecule has 18 heavy (non-hydrogen) atoms. The van der Waals surface area contributed by atoms with E-state index in [0.717, 1.165) is 5.69 Å². The Labute approximate surface area is 105 Å². The van der Waals surface area contributed by atoms with Gasteiger partial charge < -0.3 is 10.4 Å². The molecule has 0 atom stereocenters. The van der Waals surface area contributed by atoms with Crippen LogP contribution < -0.4 is 5.32 Å². The Balaban J connectivity index is 1.72. The molecule has 5 heteroatoms. The zero-order chi connectivity index (χ0) is 13.0. The number of hydrogen-bond acceptors (Lipinski definition) is 3. The Kier molecular flexibility index (Phi) is 3.60. The van der Waals surface area contributed by atoms with Gasteiger partial charge >= 0.3 is 5.97 Å². The SMILES string of the molecule is O=C(CCc1ccccn1)NCC1(C(=O)O)CC1. The molecule has 1 amide bonds. The minimum Gasteiger partial charge on any atom is -0.481 e. The third kappa shape index (κ3) is 3.06. The predicted molar refractivity (Wildman–Crippen MR) is 64.9 cm³/mol. The molecule has 2 N–H and O–H groups in total. The third-order valence-electron chi connectivity index (χ3n) is 3.27. The average molecular weight is 248 g/mol. The normalized spacial score (nSPS) is 16.0. The topological polar surface area (TPSA) is 79.3 Å². The van der Waals surface area contributed by atoms with E-state index < -0.39 is 11.4 Å². The molecule has 96 valence electrons. The van der Waals surface area contributed by atoms with Crippen molar-refractivity contribution in [2.45, 2.75) is 25.7 Å². The molecule has 0 radical (unpaired) electrons. The van der Waals surface area contributed by atoms with Gasteiger partial charge in [-0.1, -0.05) is 6.07 Å². The lowest BCUT2D eigenvalue weighted by Crippen LogP contribution is -2.34. The largest absolute Gasteiger partial charge is 0.481 e. The van der Waals surface area contributed by atoms with Crippen LogP contribution in [0.4, 0.5) is 0 Å². The minimum absolute atomic E-state index is 0.117. The minimum atomic E-state index is -0.812. The number of pyridine rings is 1. The van der Waals surface area contributed by atoms with Crippen LogP contribution in [0, 0.1) is 5.41 Å². The first-order valence-corrected chi connectivity index (χ1v) is 6.02. The van der Waals surface area contributed by atoms with Crippen molar-refractivity contribution in [2.24, 2.45) is 5.41 Å². The molecule has 0 aromatic carbocycles. The summed E-state index contributed by atoms with van der Waals surface area (Å²) in [4.78, 5) is 26.6. The molecule has 1 saturated carbocycles. The Morgan fingerprint density at radius 1 is 1.39 bits per heavy atom. The molecular weight excluding hydrogens is 232 g/mol. The van der Waals surface area contributed by atoms with Crippen LogP contribution in [0.1, 0.15) is 25.0 Å². The number of carbonyl (C=O) groups is 2. The second-order valence-corrected chi connectivity index (χ2v) is 4.68. The smallest absolute Gasteiger partial charge is 0.311 e. The number of nitrogens with zero attached hydrogens (tertiary/aromatic N) is 1. The Hall–Kier alpha value is -1.91. The van der Waals surface area contributed by atoms with E-state index in [9.17, 15) is 9.59 Å². The summed E-state index contributed by atoms with van der Waals surface area (Å²) in [6.45, 7) is 0.239. The van der Waals surface area contributed by atoms with Crippen LogP contribution >= 0.6 is 0 Å². The number of hydrogen-bond donors (Lipinski definition) is 2. The first-order chi connectivity index (χ1) is 8.62. The van der Waals surface area contributed by atoms with Crippen LogP contribution in [0.15, 0.2) is 24.4 Å². The lowest BCUT2D eigenvalue weighted by Gasteiger charge is -2.10. The molecule has 1 aliphatic carbocycles. The van der Waals surface area contributed by atoms with Crippen molar-refractivity contribution in [2.75, 3.05) is 6.54 Å². The Bertz CT molecular complexity index is 441. The van der Waals surface area contributed by atoms with E-state index in [1.807, 2.05) is 18.2 Å². The lowest BCUT2D eigenvalue weighted by atomic mass is 10.1. The van der Waals surface area contributed by atoms with E-state index >= 15 is 0 Å². The number of amides is 1. The molecular formula is C13H16N2O3. The summed E-state index contributed by atoms with van der Waals surface area (Å²) in [6, 6.07) is 5.57. The summed E-state index contributed by atoms with van der Waals surface area (Å²) in [6.07, 6.45) is 3.92. The maximum atomic E-state index is 11.6. The molecule has 0 aliphatic heterocycles. The van der Waals surface area contributed by atoms with E-state index in [1.165, 1.54) is 0 Å². The fourth-order valence-electron chi connectivity index (χ4n) is 1.76. The van der Waals surface area contributed by atoms with Gasteiger partial charge in [0.1, 0.15) is 0 Å². The Morgan fingerprint density at radius 2 is 2.17 bits per heavy atom. The summed E-state index contributed by atoms with van der Waals surface area (Å²) in [5.41, 5.74) is 0.174. The van der Waals surface area contributed by atoms with Gasteiger partial charge in [0.05, 0.1) is 5.41 Å². The number of rotatable bonds is 6. The first kappa shape index (κ1) is 12.5. The van der Waals surface area contributed by atoms with Gasteiger partial charge in [-0.3, -0.25) is 14.6 Å². The van der Waals surface area contributed by atoms with E-state index in [-0.39, 0.29) is 12.5 Å². The fraction of sp³-hybridized carbons (Fsp3) is 0.462. The molecule has 2 rings (SSSR count). The van der Waals surface area contributed by atoms with E-state index in [2.05, 4.69) is 10.3 Å². The number of aliphatic carboxylic acids is 1. The average Bonchev–Trinajstić information content (AvgIpc) is 3.16. The summed E-state index contributed by atoms with van der Waals surface area (Å²) in [5.74, 6) is -0.930. The summed E-state index contributed by atoms with van der Waals surface area (Å²) in [5, 5.41) is 11.7. The molecule has 1 aliphatic rings. The number of nitrogens with one attached hydrogen (secondary N) is 1. The highest BCUT2D eigenvalue weighted by Gasteiger charge is 2.50. The van der Waals surface area contributed by atoms with Crippen molar-refractivity contribution < 1.29 is 14.7 Å². The molecule has 0 bridgehead atoms. The van der Waals surface area contributed by atoms with E-state index in [0.29, 0.717) is 25.7 Å². The van der Waals surface area contributed by atoms with Crippen LogP contribution in [-0.4, -0.2) is 28.5 Å². The van der Waals surface area contributed by atoms with Crippen LogP contribution in [-0.2, 0) is 16.0 Å². The third-order valence-corrected chi connectivity index (χ3v) is 3.27. The van der Waals surface area contributed by atoms with Crippen molar-refractivity contribution in [3.63, 3.8) is 0 Å². The number of carboxylic acids is 1. The maximum absolute atomic E-state index is 11.6. The molecule has 0 unspecified atom stereocenters. The molecule has 1 aromatic heterocycles. The maximum Gasteiger partial charge on any atom is 0.311 e. The second-order valence-electron chi connectivity index (χ2n) is 4.68. The Morgan fingerprint density at radius 3 is 2.72 bits per heavy atom. The van der Waals surface area contributed by atoms with Crippen molar-refractivity contribution in [3.05, 3.63) is 30.1 Å². The van der Waals surface area contributed by atoms with Crippen molar-refractivity contribution in [1.29, 1.82) is 0 Å². The van der Waals surface area contributed by atoms with Crippen LogP contribution in [0.5, 0.6) is 0 Å². The van der Waals surface area contributed by atoms with Gasteiger partial charge in [0, 0.05) is 24.9 Å². The predicted octanol–water partition coefficient (Wildman–Crippen LogP) is 0.995. The highest BCUT2D eigenvalue weighted by Crippen LogP contribution is 2.45. The highest BCUT2D eigenvalue weighted by molar-refractivity contribution is 5.81. The van der Waals surface area contributed by atoms with Gasteiger partial charge in [-0.15, -0.1) is 0 Å². The zero-order valence-corrected chi connectivity index (χ0v) is 10.1. The van der Waals surface area contributed by atoms with Crippen molar-refractivity contribution in [3.8, 4) is 0 Å². The number of carbonyl (C=O) groups excluding carboxylic acids is 1.